The van der Waals surface area contributed by atoms with Crippen molar-refractivity contribution in [3.05, 3.63) is 137 Å². The van der Waals surface area contributed by atoms with Gasteiger partial charge in [-0.1, -0.05) is 111 Å². The molecule has 0 amide bonds. The molecule has 0 aromatic heterocycles. The lowest BCUT2D eigenvalue weighted by Crippen LogP contribution is -2.39. The SMILES string of the molecule is C=CC=CC=C(C)C=CC=C(C)C=CC1=C(C)C(=O)C(OC(=O)CCC(=O)Oc2ccc(C=Cc3cc(O)cc(O)c3)cc2)CC1(C)C. The quantitative estimate of drug-likeness (QED) is 0.0966. The second kappa shape index (κ2) is 17.5. The summed E-state index contributed by atoms with van der Waals surface area (Å²) in [4.78, 5) is 38.3. The van der Waals surface area contributed by atoms with Gasteiger partial charge in [0.1, 0.15) is 17.2 Å². The number of phenolic OH excluding ortho intramolecular Hbond substituents is 2. The van der Waals surface area contributed by atoms with Gasteiger partial charge in [0.05, 0.1) is 12.8 Å². The van der Waals surface area contributed by atoms with Crippen LogP contribution in [0.4, 0.5) is 0 Å². The van der Waals surface area contributed by atoms with E-state index >= 15 is 0 Å². The Kier molecular flexibility index (Phi) is 13.5. The Hall–Kier alpha value is -5.43. The molecule has 7 nitrogen and oxygen atoms in total. The van der Waals surface area contributed by atoms with Crippen LogP contribution in [0.1, 0.15) is 65.0 Å². The van der Waals surface area contributed by atoms with E-state index < -0.39 is 23.5 Å². The molecule has 2 N–H and O–H groups in total. The summed E-state index contributed by atoms with van der Waals surface area (Å²) in [5.41, 5.74) is 4.57. The van der Waals surface area contributed by atoms with Crippen molar-refractivity contribution in [2.45, 2.75) is 60.0 Å². The lowest BCUT2D eigenvalue weighted by molar-refractivity contribution is -0.157. The number of ether oxygens (including phenoxy) is 2. The molecule has 1 aliphatic carbocycles. The maximum atomic E-state index is 13.2. The van der Waals surface area contributed by atoms with Crippen LogP contribution in [0.5, 0.6) is 17.2 Å². The molecule has 0 spiro atoms. The Labute approximate surface area is 283 Å². The number of aromatic hydroxyl groups is 2. The van der Waals surface area contributed by atoms with Crippen molar-refractivity contribution in [1.82, 2.24) is 0 Å². The summed E-state index contributed by atoms with van der Waals surface area (Å²) in [5.74, 6) is -1.25. The van der Waals surface area contributed by atoms with Crippen LogP contribution in [0.2, 0.25) is 0 Å². The summed E-state index contributed by atoms with van der Waals surface area (Å²) < 4.78 is 10.9. The van der Waals surface area contributed by atoms with Gasteiger partial charge in [-0.3, -0.25) is 14.4 Å². The molecule has 7 heteroatoms. The third-order valence-corrected chi connectivity index (χ3v) is 7.64. The van der Waals surface area contributed by atoms with Crippen molar-refractivity contribution >= 4 is 29.9 Å². The minimum Gasteiger partial charge on any atom is -0.508 e. The van der Waals surface area contributed by atoms with Crippen molar-refractivity contribution < 1.29 is 34.1 Å². The van der Waals surface area contributed by atoms with Crippen LogP contribution in [0.25, 0.3) is 12.2 Å². The molecule has 1 atom stereocenters. The van der Waals surface area contributed by atoms with E-state index in [-0.39, 0.29) is 30.1 Å². The van der Waals surface area contributed by atoms with Gasteiger partial charge in [0, 0.05) is 12.5 Å². The molecule has 0 bridgehead atoms. The van der Waals surface area contributed by atoms with Crippen LogP contribution >= 0.6 is 0 Å². The average molecular weight is 649 g/mol. The topological polar surface area (TPSA) is 110 Å². The number of benzene rings is 2. The standard InChI is InChI=1S/C41H44O7/c1-7-8-9-11-28(2)12-10-13-29(3)14-21-36-30(4)40(46)37(27-41(36,5)6)48-39(45)23-22-38(44)47-35-19-17-31(18-20-35)15-16-32-24-33(42)26-34(43)25-32/h7-21,24-26,37,42-43H,1,22-23,27H2,2-6H3. The van der Waals surface area contributed by atoms with Crippen LogP contribution in [-0.4, -0.2) is 34.0 Å². The lowest BCUT2D eigenvalue weighted by atomic mass is 9.71. The first kappa shape index (κ1) is 37.0. The summed E-state index contributed by atoms with van der Waals surface area (Å²) in [5, 5.41) is 19.2. The summed E-state index contributed by atoms with van der Waals surface area (Å²) in [6.07, 6.45) is 19.9. The minimum atomic E-state index is -0.922. The van der Waals surface area contributed by atoms with Crippen LogP contribution < -0.4 is 4.74 Å². The third kappa shape index (κ3) is 11.7. The van der Waals surface area contributed by atoms with Crippen LogP contribution in [-0.2, 0) is 19.1 Å². The van der Waals surface area contributed by atoms with Crippen LogP contribution in [0.15, 0.2) is 126 Å². The largest absolute Gasteiger partial charge is 0.508 e. The monoisotopic (exact) mass is 648 g/mol. The molecule has 0 heterocycles. The number of allylic oxidation sites excluding steroid dienone is 12. The van der Waals surface area contributed by atoms with Gasteiger partial charge in [0.25, 0.3) is 0 Å². The molecule has 1 unspecified atom stereocenters. The Bertz CT molecular complexity index is 1700. The number of Topliss-reactive ketones (excluding diaryl/α,β-unsaturated/α-hetero) is 1. The zero-order valence-electron chi connectivity index (χ0n) is 28.2. The zero-order chi connectivity index (χ0) is 35.3. The molecule has 2 aromatic rings. The summed E-state index contributed by atoms with van der Waals surface area (Å²) >= 11 is 0. The number of esters is 2. The zero-order valence-corrected chi connectivity index (χ0v) is 28.2. The number of rotatable bonds is 13. The molecule has 0 fully saturated rings. The number of ketones is 1. The van der Waals surface area contributed by atoms with Gasteiger partial charge in [-0.2, -0.15) is 0 Å². The van der Waals surface area contributed by atoms with E-state index in [1.807, 2.05) is 76.3 Å². The van der Waals surface area contributed by atoms with E-state index in [4.69, 9.17) is 9.47 Å². The highest BCUT2D eigenvalue weighted by Crippen LogP contribution is 2.41. The number of carbonyl (C=O) groups is 3. The fraction of sp³-hybridized carbons (Fsp3) is 0.244. The van der Waals surface area contributed by atoms with E-state index in [2.05, 4.69) is 6.58 Å². The van der Waals surface area contributed by atoms with Gasteiger partial charge in [-0.25, -0.2) is 0 Å². The van der Waals surface area contributed by atoms with Gasteiger partial charge in [-0.05, 0) is 72.7 Å². The van der Waals surface area contributed by atoms with E-state index in [0.29, 0.717) is 23.3 Å². The number of hydrogen-bond donors (Lipinski definition) is 2. The number of phenols is 2. The average Bonchev–Trinajstić information content (AvgIpc) is 3.01. The highest BCUT2D eigenvalue weighted by molar-refractivity contribution is 6.01. The van der Waals surface area contributed by atoms with Gasteiger partial charge in [0.15, 0.2) is 11.9 Å². The fourth-order valence-electron chi connectivity index (χ4n) is 5.12. The van der Waals surface area contributed by atoms with E-state index in [0.717, 1.165) is 22.3 Å². The fourth-order valence-corrected chi connectivity index (χ4v) is 5.12. The van der Waals surface area contributed by atoms with Crippen molar-refractivity contribution in [2.75, 3.05) is 0 Å². The second-order valence-electron chi connectivity index (χ2n) is 12.3. The van der Waals surface area contributed by atoms with E-state index in [1.54, 1.807) is 49.4 Å². The molecule has 3 rings (SSSR count). The van der Waals surface area contributed by atoms with Gasteiger partial charge < -0.3 is 19.7 Å². The van der Waals surface area contributed by atoms with Crippen molar-refractivity contribution in [3.63, 3.8) is 0 Å². The Balaban J connectivity index is 1.52. The van der Waals surface area contributed by atoms with Gasteiger partial charge >= 0.3 is 11.9 Å². The molecule has 1 aliphatic rings. The first-order chi connectivity index (χ1) is 22.8. The molecule has 0 radical (unpaired) electrons. The maximum Gasteiger partial charge on any atom is 0.311 e. The van der Waals surface area contributed by atoms with Crippen LogP contribution in [0.3, 0.4) is 0 Å². The predicted molar refractivity (Wildman–Crippen MR) is 191 cm³/mol. The molecule has 0 saturated heterocycles. The van der Waals surface area contributed by atoms with E-state index in [9.17, 15) is 24.6 Å². The maximum absolute atomic E-state index is 13.2. The first-order valence-corrected chi connectivity index (χ1v) is 15.7. The summed E-state index contributed by atoms with van der Waals surface area (Å²) in [6, 6.07) is 11.0. The summed E-state index contributed by atoms with van der Waals surface area (Å²) in [7, 11) is 0. The minimum absolute atomic E-state index is 0.0418. The Morgan fingerprint density at radius 3 is 2.12 bits per heavy atom. The molecular formula is C41H44O7. The van der Waals surface area contributed by atoms with Crippen LogP contribution in [0, 0.1) is 5.41 Å². The Morgan fingerprint density at radius 2 is 1.46 bits per heavy atom. The van der Waals surface area contributed by atoms with Gasteiger partial charge in [-0.15, -0.1) is 0 Å². The Morgan fingerprint density at radius 1 is 0.854 bits per heavy atom. The molecule has 0 aliphatic heterocycles. The third-order valence-electron chi connectivity index (χ3n) is 7.64. The van der Waals surface area contributed by atoms with Gasteiger partial charge in [0.2, 0.25) is 0 Å². The number of hydrogen-bond acceptors (Lipinski definition) is 7. The molecular weight excluding hydrogens is 604 g/mol. The second-order valence-corrected chi connectivity index (χ2v) is 12.3. The smallest absolute Gasteiger partial charge is 0.311 e. The number of carbonyl (C=O) groups excluding carboxylic acids is 3. The lowest BCUT2D eigenvalue weighted by Gasteiger charge is -2.36. The predicted octanol–water partition coefficient (Wildman–Crippen LogP) is 8.93. The summed E-state index contributed by atoms with van der Waals surface area (Å²) in [6.45, 7) is 13.4. The first-order valence-electron chi connectivity index (χ1n) is 15.7. The van der Waals surface area contributed by atoms with Crippen molar-refractivity contribution in [1.29, 1.82) is 0 Å². The van der Waals surface area contributed by atoms with Crippen molar-refractivity contribution in [3.8, 4) is 17.2 Å². The molecule has 48 heavy (non-hydrogen) atoms. The highest BCUT2D eigenvalue weighted by atomic mass is 16.6. The van der Waals surface area contributed by atoms with E-state index in [1.165, 1.54) is 18.2 Å². The van der Waals surface area contributed by atoms with Crippen molar-refractivity contribution in [2.24, 2.45) is 5.41 Å². The molecule has 0 saturated carbocycles. The molecule has 2 aromatic carbocycles. The molecule has 250 valence electrons. The highest BCUT2D eigenvalue weighted by Gasteiger charge is 2.39. The normalized spacial score (nSPS) is 17.2.